The van der Waals surface area contributed by atoms with Crippen molar-refractivity contribution in [3.05, 3.63) is 107 Å². The highest BCUT2D eigenvalue weighted by atomic mass is 19.4. The van der Waals surface area contributed by atoms with Crippen LogP contribution < -0.4 is 0 Å². The van der Waals surface area contributed by atoms with Gasteiger partial charge in [0, 0.05) is 11.3 Å². The van der Waals surface area contributed by atoms with E-state index in [1.165, 1.54) is 72.8 Å². The quantitative estimate of drug-likeness (QED) is 0.403. The molecule has 0 bridgehead atoms. The van der Waals surface area contributed by atoms with Crippen LogP contribution in [0, 0.1) is 0 Å². The van der Waals surface area contributed by atoms with Gasteiger partial charge in [0.1, 0.15) is 10.8 Å². The summed E-state index contributed by atoms with van der Waals surface area (Å²) < 4.78 is 90.4. The lowest BCUT2D eigenvalue weighted by Crippen LogP contribution is -2.52. The van der Waals surface area contributed by atoms with Crippen molar-refractivity contribution >= 4 is 0 Å². The molecule has 3 aromatic rings. The first-order chi connectivity index (χ1) is 14.2. The number of alkyl halides is 6. The monoisotopic (exact) mass is 416 g/mol. The third kappa shape index (κ3) is 1.45. The Kier molecular flexibility index (Phi) is 2.96. The van der Waals surface area contributed by atoms with E-state index < -0.39 is 34.5 Å². The van der Waals surface area contributed by atoms with Crippen molar-refractivity contribution in [2.24, 2.45) is 0 Å². The third-order valence-electron chi connectivity index (χ3n) is 7.53. The normalized spacial score (nSPS) is 33.1. The topological polar surface area (TPSA) is 0 Å². The molecule has 0 N–H and O–H groups in total. The average Bonchev–Trinajstić information content (AvgIpc) is 3.19. The van der Waals surface area contributed by atoms with Gasteiger partial charge in [0.15, 0.2) is 0 Å². The molecular weight excluding hydrogens is 402 g/mol. The van der Waals surface area contributed by atoms with Gasteiger partial charge in [-0.3, -0.25) is 0 Å². The van der Waals surface area contributed by atoms with E-state index in [1.54, 1.807) is 6.07 Å². The summed E-state index contributed by atoms with van der Waals surface area (Å²) in [7, 11) is 0. The standard InChI is InChI=1S/C24H14F6/c25-23(26,27)21-16-11-5-4-10-15(16)19-20(21,14-8-2-1-3-9-14)22(19,24(28,29)30)18-13-7-6-12-17(18)21/h1-13,19H. The zero-order valence-electron chi connectivity index (χ0n) is 15.4. The van der Waals surface area contributed by atoms with Crippen LogP contribution in [0.3, 0.4) is 0 Å². The molecule has 0 aromatic heterocycles. The lowest BCUT2D eigenvalue weighted by Gasteiger charge is -2.40. The van der Waals surface area contributed by atoms with Crippen LogP contribution in [0.5, 0.6) is 0 Å². The number of benzene rings is 3. The van der Waals surface area contributed by atoms with E-state index in [2.05, 4.69) is 0 Å². The number of rotatable bonds is 1. The molecule has 1 fully saturated rings. The van der Waals surface area contributed by atoms with Crippen LogP contribution in [0.4, 0.5) is 26.3 Å². The molecule has 0 nitrogen and oxygen atoms in total. The van der Waals surface area contributed by atoms with Crippen molar-refractivity contribution < 1.29 is 26.3 Å². The van der Waals surface area contributed by atoms with Gasteiger partial charge in [0.05, 0.1) is 0 Å². The first-order valence-electron chi connectivity index (χ1n) is 9.57. The maximum atomic E-state index is 15.2. The smallest absolute Gasteiger partial charge is 0.170 e. The van der Waals surface area contributed by atoms with Crippen LogP contribution in [-0.4, -0.2) is 12.4 Å². The molecule has 0 heterocycles. The second-order valence-electron chi connectivity index (χ2n) is 8.29. The lowest BCUT2D eigenvalue weighted by atomic mass is 9.64. The summed E-state index contributed by atoms with van der Waals surface area (Å²) in [5.41, 5.74) is -7.91. The van der Waals surface area contributed by atoms with E-state index >= 15 is 13.2 Å². The van der Waals surface area contributed by atoms with E-state index in [1.807, 2.05) is 0 Å². The maximum absolute atomic E-state index is 15.2. The van der Waals surface area contributed by atoms with Gasteiger partial charge in [-0.2, -0.15) is 26.3 Å². The number of halogens is 6. The van der Waals surface area contributed by atoms with Crippen molar-refractivity contribution in [1.82, 2.24) is 0 Å². The Morgan fingerprint density at radius 3 is 1.70 bits per heavy atom. The molecule has 6 heteroatoms. The van der Waals surface area contributed by atoms with Gasteiger partial charge in [0.2, 0.25) is 0 Å². The molecule has 4 unspecified atom stereocenters. The molecular formula is C24H14F6. The molecule has 1 saturated carbocycles. The van der Waals surface area contributed by atoms with E-state index in [0.29, 0.717) is 0 Å². The maximum Gasteiger partial charge on any atom is 0.403 e. The number of hydrogen-bond acceptors (Lipinski definition) is 0. The summed E-state index contributed by atoms with van der Waals surface area (Å²) in [5, 5.41) is 0. The molecule has 4 atom stereocenters. The summed E-state index contributed by atoms with van der Waals surface area (Å²) in [5.74, 6) is -1.32. The molecule has 0 spiro atoms. The van der Waals surface area contributed by atoms with E-state index in [0.717, 1.165) is 0 Å². The molecule has 6 rings (SSSR count). The minimum Gasteiger partial charge on any atom is -0.170 e. The Hall–Kier alpha value is -2.76. The van der Waals surface area contributed by atoms with Crippen molar-refractivity contribution in [3.63, 3.8) is 0 Å². The Morgan fingerprint density at radius 2 is 1.10 bits per heavy atom. The molecule has 0 aliphatic heterocycles. The first-order valence-corrected chi connectivity index (χ1v) is 9.57. The molecule has 30 heavy (non-hydrogen) atoms. The van der Waals surface area contributed by atoms with Crippen molar-refractivity contribution in [2.75, 3.05) is 0 Å². The van der Waals surface area contributed by atoms with Gasteiger partial charge in [-0.15, -0.1) is 0 Å². The predicted molar refractivity (Wildman–Crippen MR) is 98.3 cm³/mol. The summed E-state index contributed by atoms with van der Waals surface area (Å²) in [4.78, 5) is 0. The molecule has 0 radical (unpaired) electrons. The fraction of sp³-hybridized carbons (Fsp3) is 0.250. The molecule has 3 aliphatic rings. The van der Waals surface area contributed by atoms with E-state index in [-0.39, 0.29) is 27.8 Å². The van der Waals surface area contributed by atoms with Gasteiger partial charge in [-0.1, -0.05) is 78.9 Å². The van der Waals surface area contributed by atoms with Crippen LogP contribution >= 0.6 is 0 Å². The van der Waals surface area contributed by atoms with Gasteiger partial charge in [-0.25, -0.2) is 0 Å². The molecule has 152 valence electrons. The van der Waals surface area contributed by atoms with Gasteiger partial charge in [-0.05, 0) is 27.8 Å². The van der Waals surface area contributed by atoms with Crippen molar-refractivity contribution in [2.45, 2.75) is 34.5 Å². The van der Waals surface area contributed by atoms with Crippen molar-refractivity contribution in [1.29, 1.82) is 0 Å². The zero-order chi connectivity index (χ0) is 21.2. The van der Waals surface area contributed by atoms with Gasteiger partial charge < -0.3 is 0 Å². The SMILES string of the molecule is FC(F)(F)C12c3ccccc3C3C(C(F)(F)F)(c4ccccc41)C32c1ccccc1. The third-order valence-corrected chi connectivity index (χ3v) is 7.53. The largest absolute Gasteiger partial charge is 0.403 e. The van der Waals surface area contributed by atoms with Crippen LogP contribution in [0.25, 0.3) is 0 Å². The fourth-order valence-corrected chi connectivity index (χ4v) is 7.02. The predicted octanol–water partition coefficient (Wildman–Crippen LogP) is 6.40. The van der Waals surface area contributed by atoms with E-state index in [4.69, 9.17) is 0 Å². The van der Waals surface area contributed by atoms with Gasteiger partial charge >= 0.3 is 12.4 Å². The number of hydrogen-bond donors (Lipinski definition) is 0. The molecule has 0 amide bonds. The Labute approximate surface area is 168 Å². The molecule has 3 aliphatic carbocycles. The highest BCUT2D eigenvalue weighted by Gasteiger charge is 3.03. The van der Waals surface area contributed by atoms with E-state index in [9.17, 15) is 13.2 Å². The van der Waals surface area contributed by atoms with Crippen LogP contribution in [0.1, 0.15) is 33.7 Å². The highest BCUT2D eigenvalue weighted by molar-refractivity contribution is 5.83. The minimum atomic E-state index is -4.92. The average molecular weight is 416 g/mol. The van der Waals surface area contributed by atoms with Crippen molar-refractivity contribution in [3.8, 4) is 0 Å². The summed E-state index contributed by atoms with van der Waals surface area (Å²) >= 11 is 0. The minimum absolute atomic E-state index is 0.0591. The summed E-state index contributed by atoms with van der Waals surface area (Å²) in [6.07, 6.45) is -9.78. The lowest BCUT2D eigenvalue weighted by molar-refractivity contribution is -0.200. The van der Waals surface area contributed by atoms with Crippen LogP contribution in [0.2, 0.25) is 0 Å². The van der Waals surface area contributed by atoms with Gasteiger partial charge in [0.25, 0.3) is 0 Å². The Morgan fingerprint density at radius 1 is 0.567 bits per heavy atom. The first kappa shape index (κ1) is 18.0. The Balaban J connectivity index is 1.89. The number of fused-ring (bicyclic) bond motifs is 7. The fourth-order valence-electron chi connectivity index (χ4n) is 7.02. The molecule has 0 saturated heterocycles. The highest BCUT2D eigenvalue weighted by Crippen LogP contribution is 2.95. The molecule has 3 aromatic carbocycles. The second-order valence-corrected chi connectivity index (χ2v) is 8.29. The second kappa shape index (κ2) is 4.93. The zero-order valence-corrected chi connectivity index (χ0v) is 15.4. The summed E-state index contributed by atoms with van der Waals surface area (Å²) in [6, 6.07) is 18.5. The Bertz CT molecular complexity index is 1190. The van der Waals surface area contributed by atoms with Crippen LogP contribution in [-0.2, 0) is 16.2 Å². The summed E-state index contributed by atoms with van der Waals surface area (Å²) in [6.45, 7) is 0. The van der Waals surface area contributed by atoms with Crippen LogP contribution in [0.15, 0.2) is 78.9 Å².